The number of benzene rings is 2. The van der Waals surface area contributed by atoms with Crippen LogP contribution < -0.4 is 10.6 Å². The summed E-state index contributed by atoms with van der Waals surface area (Å²) in [5.74, 6) is 1.39. The molecule has 0 fully saturated rings. The number of carbonyl (C=O) groups is 1. The van der Waals surface area contributed by atoms with Crippen molar-refractivity contribution in [1.82, 2.24) is 14.8 Å². The van der Waals surface area contributed by atoms with Crippen molar-refractivity contribution in [2.24, 2.45) is 0 Å². The van der Waals surface area contributed by atoms with E-state index in [1.54, 1.807) is 17.0 Å². The minimum atomic E-state index is -0.428. The third-order valence-electron chi connectivity index (χ3n) is 4.99. The van der Waals surface area contributed by atoms with Gasteiger partial charge in [-0.1, -0.05) is 48.5 Å². The van der Waals surface area contributed by atoms with Crippen LogP contribution in [0.15, 0.2) is 94.7 Å². The summed E-state index contributed by atoms with van der Waals surface area (Å²) in [5, 5.41) is 10.9. The summed E-state index contributed by atoms with van der Waals surface area (Å²) in [6, 6.07) is 22.4. The summed E-state index contributed by atoms with van der Waals surface area (Å²) < 4.78 is 7.20. The van der Waals surface area contributed by atoms with Gasteiger partial charge in [0.05, 0.1) is 11.8 Å². The monoisotopic (exact) mass is 397 g/mol. The molecule has 3 heterocycles. The molecular weight excluding hydrogens is 378 g/mol. The Morgan fingerprint density at radius 2 is 1.77 bits per heavy atom. The number of anilines is 2. The first kappa shape index (κ1) is 17.9. The quantitative estimate of drug-likeness (QED) is 0.531. The summed E-state index contributed by atoms with van der Waals surface area (Å²) in [6.45, 7) is 1.88. The predicted octanol–water partition coefficient (Wildman–Crippen LogP) is 4.47. The topological polar surface area (TPSA) is 85.0 Å². The lowest BCUT2D eigenvalue weighted by Gasteiger charge is -2.28. The van der Waals surface area contributed by atoms with Gasteiger partial charge in [-0.25, -0.2) is 4.68 Å². The number of fused-ring (bicyclic) bond motifs is 1. The molecule has 1 aliphatic heterocycles. The Balaban J connectivity index is 1.60. The van der Waals surface area contributed by atoms with Crippen LogP contribution in [0.5, 0.6) is 0 Å². The highest BCUT2D eigenvalue weighted by atomic mass is 16.3. The van der Waals surface area contributed by atoms with Gasteiger partial charge in [-0.2, -0.15) is 4.98 Å². The number of hydrogen-bond donors (Lipinski definition) is 2. The van der Waals surface area contributed by atoms with E-state index in [0.717, 1.165) is 16.9 Å². The molecule has 2 aromatic heterocycles. The second-order valence-corrected chi connectivity index (χ2v) is 6.98. The first-order valence-corrected chi connectivity index (χ1v) is 9.60. The van der Waals surface area contributed by atoms with Gasteiger partial charge in [0, 0.05) is 11.4 Å². The molecule has 1 atom stereocenters. The average Bonchev–Trinajstić information content (AvgIpc) is 3.44. The van der Waals surface area contributed by atoms with Crippen LogP contribution in [-0.2, 0) is 4.79 Å². The Labute approximate surface area is 173 Å². The first-order valence-electron chi connectivity index (χ1n) is 9.60. The molecule has 7 heteroatoms. The molecule has 2 N–H and O–H groups in total. The highest BCUT2D eigenvalue weighted by molar-refractivity contribution is 6.06. The fourth-order valence-electron chi connectivity index (χ4n) is 3.62. The van der Waals surface area contributed by atoms with Crippen molar-refractivity contribution in [2.45, 2.75) is 13.0 Å². The molecule has 4 aromatic rings. The molecule has 1 unspecified atom stereocenters. The van der Waals surface area contributed by atoms with Crippen LogP contribution in [-0.4, -0.2) is 20.7 Å². The number of nitrogens with zero attached hydrogens (tertiary/aromatic N) is 3. The number of nitrogens with one attached hydrogen (secondary N) is 2. The molecule has 0 saturated carbocycles. The van der Waals surface area contributed by atoms with Crippen molar-refractivity contribution < 1.29 is 9.21 Å². The Morgan fingerprint density at radius 3 is 2.47 bits per heavy atom. The molecule has 7 nitrogen and oxygen atoms in total. The Bertz CT molecular complexity index is 1210. The largest absolute Gasteiger partial charge is 0.461 e. The highest BCUT2D eigenvalue weighted by Gasteiger charge is 2.34. The molecule has 0 spiro atoms. The van der Waals surface area contributed by atoms with Crippen molar-refractivity contribution in [3.8, 4) is 11.6 Å². The predicted molar refractivity (Wildman–Crippen MR) is 114 cm³/mol. The lowest BCUT2D eigenvalue weighted by Crippen LogP contribution is -2.31. The fraction of sp³-hybridized carbons (Fsp3) is 0.0870. The third-order valence-corrected chi connectivity index (χ3v) is 4.99. The van der Waals surface area contributed by atoms with Gasteiger partial charge in [-0.05, 0) is 36.8 Å². The van der Waals surface area contributed by atoms with Gasteiger partial charge in [0.25, 0.3) is 5.91 Å². The molecule has 0 bridgehead atoms. The zero-order valence-electron chi connectivity index (χ0n) is 16.2. The van der Waals surface area contributed by atoms with Gasteiger partial charge >= 0.3 is 0 Å². The van der Waals surface area contributed by atoms with E-state index in [0.29, 0.717) is 23.1 Å². The smallest absolute Gasteiger partial charge is 0.255 e. The number of furan rings is 1. The van der Waals surface area contributed by atoms with Crippen LogP contribution in [0.1, 0.15) is 18.5 Å². The standard InChI is InChI=1S/C23H19N5O2/c1-15-19(22(29)25-17-11-6-3-7-12-17)20(16-9-4-2-5-10-16)28-23(24-15)26-21(27-28)18-13-8-14-30-18/h2-14,20H,1H3,(H,25,29)(H,24,26,27). The number of carbonyl (C=O) groups excluding carboxylic acids is 1. The minimum Gasteiger partial charge on any atom is -0.461 e. The van der Waals surface area contributed by atoms with Crippen molar-refractivity contribution in [1.29, 1.82) is 0 Å². The van der Waals surface area contributed by atoms with Gasteiger partial charge < -0.3 is 15.1 Å². The number of rotatable bonds is 4. The highest BCUT2D eigenvalue weighted by Crippen LogP contribution is 2.36. The van der Waals surface area contributed by atoms with E-state index in [9.17, 15) is 4.79 Å². The summed E-state index contributed by atoms with van der Waals surface area (Å²) in [6.07, 6.45) is 1.58. The molecule has 148 valence electrons. The maximum Gasteiger partial charge on any atom is 0.255 e. The SMILES string of the molecule is CC1=C(C(=O)Nc2ccccc2)C(c2ccccc2)n2nc(-c3ccco3)nc2N1. The van der Waals surface area contributed by atoms with Crippen molar-refractivity contribution in [3.63, 3.8) is 0 Å². The lowest BCUT2D eigenvalue weighted by atomic mass is 9.95. The summed E-state index contributed by atoms with van der Waals surface area (Å²) in [7, 11) is 0. The number of hydrogen-bond acceptors (Lipinski definition) is 5. The van der Waals surface area contributed by atoms with Gasteiger partial charge in [-0.15, -0.1) is 5.10 Å². The number of allylic oxidation sites excluding steroid dienone is 1. The number of amides is 1. The molecule has 0 radical (unpaired) electrons. The lowest BCUT2D eigenvalue weighted by molar-refractivity contribution is -0.113. The maximum atomic E-state index is 13.3. The van der Waals surface area contributed by atoms with E-state index in [1.165, 1.54) is 0 Å². The molecule has 5 rings (SSSR count). The summed E-state index contributed by atoms with van der Waals surface area (Å²) in [5.41, 5.74) is 2.97. The van der Waals surface area contributed by atoms with E-state index in [2.05, 4.69) is 20.7 Å². The Morgan fingerprint density at radius 1 is 1.03 bits per heavy atom. The Kier molecular flexibility index (Phi) is 4.40. The number of para-hydroxylation sites is 1. The van der Waals surface area contributed by atoms with E-state index < -0.39 is 6.04 Å². The van der Waals surface area contributed by atoms with Crippen molar-refractivity contribution in [2.75, 3.05) is 10.6 Å². The molecule has 0 aliphatic carbocycles. The van der Waals surface area contributed by atoms with Crippen molar-refractivity contribution >= 4 is 17.5 Å². The number of aromatic nitrogens is 3. The van der Waals surface area contributed by atoms with E-state index in [-0.39, 0.29) is 5.91 Å². The molecule has 0 saturated heterocycles. The van der Waals surface area contributed by atoms with E-state index in [1.807, 2.05) is 73.7 Å². The zero-order valence-corrected chi connectivity index (χ0v) is 16.2. The fourth-order valence-corrected chi connectivity index (χ4v) is 3.62. The second kappa shape index (κ2) is 7.36. The van der Waals surface area contributed by atoms with Crippen LogP contribution in [0.4, 0.5) is 11.6 Å². The zero-order chi connectivity index (χ0) is 20.5. The maximum absolute atomic E-state index is 13.3. The Hall–Kier alpha value is -4.13. The molecule has 1 aliphatic rings. The molecule has 2 aromatic carbocycles. The van der Waals surface area contributed by atoms with Crippen molar-refractivity contribution in [3.05, 3.63) is 95.9 Å². The van der Waals surface area contributed by atoms with Crippen LogP contribution >= 0.6 is 0 Å². The minimum absolute atomic E-state index is 0.194. The molecular formula is C23H19N5O2. The second-order valence-electron chi connectivity index (χ2n) is 6.98. The van der Waals surface area contributed by atoms with Gasteiger partial charge in [0.2, 0.25) is 11.8 Å². The average molecular weight is 397 g/mol. The van der Waals surface area contributed by atoms with Crippen LogP contribution in [0.3, 0.4) is 0 Å². The van der Waals surface area contributed by atoms with E-state index >= 15 is 0 Å². The summed E-state index contributed by atoms with van der Waals surface area (Å²) in [4.78, 5) is 17.9. The summed E-state index contributed by atoms with van der Waals surface area (Å²) >= 11 is 0. The van der Waals surface area contributed by atoms with Gasteiger partial charge in [0.15, 0.2) is 5.76 Å². The van der Waals surface area contributed by atoms with Gasteiger partial charge in [-0.3, -0.25) is 4.79 Å². The third kappa shape index (κ3) is 3.16. The normalized spacial score (nSPS) is 15.4. The van der Waals surface area contributed by atoms with Crippen LogP contribution in [0, 0.1) is 0 Å². The first-order chi connectivity index (χ1) is 14.7. The van der Waals surface area contributed by atoms with E-state index in [4.69, 9.17) is 4.42 Å². The van der Waals surface area contributed by atoms with Crippen LogP contribution in [0.2, 0.25) is 0 Å². The molecule has 1 amide bonds. The van der Waals surface area contributed by atoms with Crippen LogP contribution in [0.25, 0.3) is 11.6 Å². The molecule has 30 heavy (non-hydrogen) atoms. The van der Waals surface area contributed by atoms with Gasteiger partial charge in [0.1, 0.15) is 6.04 Å².